The summed E-state index contributed by atoms with van der Waals surface area (Å²) in [4.78, 5) is 2.69. The monoisotopic (exact) mass is 786 g/mol. The van der Waals surface area contributed by atoms with E-state index in [1.165, 1.54) is 114 Å². The second kappa shape index (κ2) is 11.0. The second-order valence-corrected chi connectivity index (χ2v) is 19.9. The van der Waals surface area contributed by atoms with Gasteiger partial charge in [0.1, 0.15) is 11.2 Å². The van der Waals surface area contributed by atoms with E-state index in [0.29, 0.717) is 0 Å². The van der Waals surface area contributed by atoms with E-state index in [0.717, 1.165) is 16.6 Å². The largest absolute Gasteiger partial charge is 0.456 e. The molecule has 11 aromatic rings. The maximum absolute atomic E-state index is 6.57. The van der Waals surface area contributed by atoms with Crippen LogP contribution in [-0.2, 0) is 10.8 Å². The number of aromatic nitrogens is 1. The highest BCUT2D eigenvalue weighted by atomic mass is 32.1. The van der Waals surface area contributed by atoms with Crippen LogP contribution in [0.4, 0.5) is 11.4 Å². The zero-order chi connectivity index (χ0) is 40.0. The Bertz CT molecular complexity index is 3740. The zero-order valence-corrected chi connectivity index (χ0v) is 35.0. The average Bonchev–Trinajstić information content (AvgIpc) is 3.98. The van der Waals surface area contributed by atoms with Crippen molar-refractivity contribution in [2.75, 3.05) is 4.81 Å². The smallest absolute Gasteiger partial charge is 0.333 e. The number of hydrogen-bond donors (Lipinski definition) is 0. The molecule has 0 unspecified atom stereocenters. The van der Waals surface area contributed by atoms with Gasteiger partial charge in [0.15, 0.2) is 0 Å². The predicted octanol–water partition coefficient (Wildman–Crippen LogP) is 13.9. The van der Waals surface area contributed by atoms with Gasteiger partial charge in [-0.2, -0.15) is 0 Å². The van der Waals surface area contributed by atoms with E-state index in [9.17, 15) is 0 Å². The van der Waals surface area contributed by atoms with Gasteiger partial charge < -0.3 is 13.8 Å². The molecule has 0 N–H and O–H groups in total. The minimum atomic E-state index is -0.147. The highest BCUT2D eigenvalue weighted by Gasteiger charge is 2.46. The number of para-hydroxylation sites is 1. The molecule has 5 heteroatoms. The van der Waals surface area contributed by atoms with Crippen LogP contribution in [0.25, 0.3) is 91.9 Å². The van der Waals surface area contributed by atoms with Gasteiger partial charge in [-0.15, -0.1) is 11.3 Å². The Kier molecular flexibility index (Phi) is 6.09. The molecule has 0 fully saturated rings. The van der Waals surface area contributed by atoms with Crippen LogP contribution in [0.15, 0.2) is 150 Å². The lowest BCUT2D eigenvalue weighted by atomic mass is 9.43. The SMILES string of the molecule is CC(C)(C)c1ccc(N2B3c4cc5c(cc4-n4c6ccc7oc8ccccc8c7c6c6ccc(c3c64)-c3cc4c(cc32)sc2ccccc24)-c2ccccc2C5(C)C)cc1. The summed E-state index contributed by atoms with van der Waals surface area (Å²) in [5.74, 6) is 0. The van der Waals surface area contributed by atoms with Crippen molar-refractivity contribution in [3.05, 3.63) is 162 Å². The third-order valence-electron chi connectivity index (χ3n) is 14.3. The minimum absolute atomic E-state index is 0.0441. The number of rotatable bonds is 1. The van der Waals surface area contributed by atoms with Crippen molar-refractivity contribution in [1.29, 1.82) is 0 Å². The molecule has 2 aliphatic heterocycles. The highest BCUT2D eigenvalue weighted by molar-refractivity contribution is 7.25. The molecular formula is C55H39BN2OS. The topological polar surface area (TPSA) is 21.3 Å². The lowest BCUT2D eigenvalue weighted by molar-refractivity contribution is 0.590. The number of anilines is 2. The lowest BCUT2D eigenvalue weighted by Gasteiger charge is -2.42. The summed E-state index contributed by atoms with van der Waals surface area (Å²) in [6, 6.07) is 55.4. The van der Waals surface area contributed by atoms with Crippen LogP contribution in [0.3, 0.4) is 0 Å². The highest BCUT2D eigenvalue weighted by Crippen LogP contribution is 2.53. The summed E-state index contributed by atoms with van der Waals surface area (Å²) >= 11 is 1.90. The van der Waals surface area contributed by atoms with E-state index in [1.807, 2.05) is 11.3 Å². The Labute approximate surface area is 352 Å². The number of benzene rings is 8. The van der Waals surface area contributed by atoms with Crippen molar-refractivity contribution in [3.63, 3.8) is 0 Å². The first-order valence-corrected chi connectivity index (χ1v) is 22.0. The molecule has 0 atom stereocenters. The quantitative estimate of drug-likeness (QED) is 0.155. The average molecular weight is 787 g/mol. The van der Waals surface area contributed by atoms with Gasteiger partial charge in [-0.3, -0.25) is 0 Å². The Morgan fingerprint density at radius 1 is 0.567 bits per heavy atom. The van der Waals surface area contributed by atoms with Crippen molar-refractivity contribution in [2.24, 2.45) is 0 Å². The Morgan fingerprint density at radius 2 is 1.35 bits per heavy atom. The summed E-state index contributed by atoms with van der Waals surface area (Å²) in [5.41, 5.74) is 20.1. The van der Waals surface area contributed by atoms with Gasteiger partial charge in [-0.05, 0) is 104 Å². The standard InChI is InChI=1S/C55H39BN2OS/c1-54(2,3)30-18-20-31(21-19-30)58-44-29-49-39(33-13-8-11-17-48(33)60-49)26-38(44)34-22-23-36-50-43(24-25-47-51(50)35-14-7-10-16-46(35)59-47)57-45-27-37-32-12-6-9-15-40(32)55(4,5)41(37)28-42(45)56(58)52(34)53(36)57/h6-29H,1-5H3. The van der Waals surface area contributed by atoms with E-state index in [4.69, 9.17) is 4.42 Å². The molecule has 0 radical (unpaired) electrons. The molecule has 0 saturated carbocycles. The summed E-state index contributed by atoms with van der Waals surface area (Å²) in [6.45, 7) is 11.7. The molecule has 284 valence electrons. The fraction of sp³-hybridized carbons (Fsp3) is 0.127. The maximum Gasteiger partial charge on any atom is 0.333 e. The molecule has 8 aromatic carbocycles. The Balaban J connectivity index is 1.18. The molecule has 0 amide bonds. The van der Waals surface area contributed by atoms with Crippen molar-refractivity contribution >= 4 is 104 Å². The lowest BCUT2D eigenvalue weighted by Crippen LogP contribution is -2.60. The molecule has 14 rings (SSSR count). The summed E-state index contributed by atoms with van der Waals surface area (Å²) in [7, 11) is 0. The fourth-order valence-electron chi connectivity index (χ4n) is 11.5. The minimum Gasteiger partial charge on any atom is -0.456 e. The third kappa shape index (κ3) is 4.02. The number of fused-ring (bicyclic) bond motifs is 18. The molecule has 3 aromatic heterocycles. The first-order valence-electron chi connectivity index (χ1n) is 21.2. The van der Waals surface area contributed by atoms with Crippen molar-refractivity contribution in [3.8, 4) is 27.9 Å². The van der Waals surface area contributed by atoms with E-state index in [-0.39, 0.29) is 17.7 Å². The molecule has 60 heavy (non-hydrogen) atoms. The van der Waals surface area contributed by atoms with Gasteiger partial charge in [0, 0.05) is 69.8 Å². The van der Waals surface area contributed by atoms with Crippen LogP contribution in [0.1, 0.15) is 51.3 Å². The van der Waals surface area contributed by atoms with Gasteiger partial charge in [0.05, 0.1) is 11.0 Å². The second-order valence-electron chi connectivity index (χ2n) is 18.8. The van der Waals surface area contributed by atoms with E-state index < -0.39 is 0 Å². The molecule has 0 bridgehead atoms. The fourth-order valence-corrected chi connectivity index (χ4v) is 12.6. The van der Waals surface area contributed by atoms with E-state index in [1.54, 1.807) is 0 Å². The van der Waals surface area contributed by atoms with E-state index in [2.05, 4.69) is 190 Å². The Morgan fingerprint density at radius 3 is 2.20 bits per heavy atom. The molecule has 3 nitrogen and oxygen atoms in total. The predicted molar refractivity (Wildman–Crippen MR) is 256 cm³/mol. The number of furan rings is 1. The Hall–Kier alpha value is -6.56. The van der Waals surface area contributed by atoms with Crippen molar-refractivity contribution in [2.45, 2.75) is 45.4 Å². The zero-order valence-electron chi connectivity index (χ0n) is 34.1. The van der Waals surface area contributed by atoms with Gasteiger partial charge in [-0.25, -0.2) is 0 Å². The van der Waals surface area contributed by atoms with Crippen molar-refractivity contribution < 1.29 is 4.42 Å². The number of nitrogens with zero attached hydrogens (tertiary/aromatic N) is 2. The van der Waals surface area contributed by atoms with Crippen LogP contribution < -0.4 is 15.7 Å². The van der Waals surface area contributed by atoms with Gasteiger partial charge in [-0.1, -0.05) is 126 Å². The molecule has 1 aliphatic carbocycles. The van der Waals surface area contributed by atoms with Crippen LogP contribution in [0, 0.1) is 0 Å². The van der Waals surface area contributed by atoms with Gasteiger partial charge in [0.2, 0.25) is 0 Å². The molecule has 5 heterocycles. The normalized spacial score (nSPS) is 14.8. The van der Waals surface area contributed by atoms with Gasteiger partial charge >= 0.3 is 6.85 Å². The van der Waals surface area contributed by atoms with Crippen LogP contribution in [-0.4, -0.2) is 11.4 Å². The maximum atomic E-state index is 6.57. The van der Waals surface area contributed by atoms with E-state index >= 15 is 0 Å². The number of thiophene rings is 1. The summed E-state index contributed by atoms with van der Waals surface area (Å²) < 4.78 is 11.8. The van der Waals surface area contributed by atoms with Gasteiger partial charge in [0.25, 0.3) is 0 Å². The summed E-state index contributed by atoms with van der Waals surface area (Å²) in [6.07, 6.45) is 0. The molecule has 0 spiro atoms. The van der Waals surface area contributed by atoms with Crippen LogP contribution >= 0.6 is 11.3 Å². The first kappa shape index (κ1) is 33.3. The first-order chi connectivity index (χ1) is 29.1. The van der Waals surface area contributed by atoms with Crippen LogP contribution in [0.5, 0.6) is 0 Å². The molecule has 0 saturated heterocycles. The number of hydrogen-bond acceptors (Lipinski definition) is 3. The molecule has 3 aliphatic rings. The molecular weight excluding hydrogens is 747 g/mol. The van der Waals surface area contributed by atoms with Crippen molar-refractivity contribution in [1.82, 2.24) is 4.57 Å². The van der Waals surface area contributed by atoms with Crippen LogP contribution in [0.2, 0.25) is 0 Å². The third-order valence-corrected chi connectivity index (χ3v) is 15.5. The summed E-state index contributed by atoms with van der Waals surface area (Å²) in [5, 5.41) is 7.53.